The molecule has 0 N–H and O–H groups in total. The average molecular weight is 296 g/mol. The third-order valence-corrected chi connectivity index (χ3v) is 3.42. The standard InChI is InChI=1S/C17H17FN4/c1-11(2)16-17(21-20-14-6-4-13(18)5-7-14)22-9-8-12(3)10-15(22)19-16/h4-11H,1-3H3. The molecule has 0 fully saturated rings. The smallest absolute Gasteiger partial charge is 0.183 e. The van der Waals surface area contributed by atoms with Gasteiger partial charge in [0.15, 0.2) is 5.82 Å². The second-order valence-corrected chi connectivity index (χ2v) is 5.58. The number of pyridine rings is 1. The van der Waals surface area contributed by atoms with E-state index < -0.39 is 0 Å². The van der Waals surface area contributed by atoms with E-state index in [0.717, 1.165) is 16.9 Å². The van der Waals surface area contributed by atoms with Crippen LogP contribution in [0.4, 0.5) is 15.9 Å². The van der Waals surface area contributed by atoms with E-state index in [1.54, 1.807) is 12.1 Å². The Kier molecular flexibility index (Phi) is 3.71. The zero-order chi connectivity index (χ0) is 15.7. The van der Waals surface area contributed by atoms with Crippen LogP contribution in [0.5, 0.6) is 0 Å². The zero-order valence-electron chi connectivity index (χ0n) is 12.8. The number of fused-ring (bicyclic) bond motifs is 1. The minimum absolute atomic E-state index is 0.238. The molecule has 0 bridgehead atoms. The molecule has 0 radical (unpaired) electrons. The molecule has 0 aliphatic carbocycles. The lowest BCUT2D eigenvalue weighted by atomic mass is 10.1. The summed E-state index contributed by atoms with van der Waals surface area (Å²) in [6.45, 7) is 6.18. The fourth-order valence-electron chi connectivity index (χ4n) is 2.25. The van der Waals surface area contributed by atoms with E-state index >= 15 is 0 Å². The molecule has 0 aliphatic heterocycles. The predicted octanol–water partition coefficient (Wildman–Crippen LogP) is 5.32. The first kappa shape index (κ1) is 14.4. The number of rotatable bonds is 3. The van der Waals surface area contributed by atoms with Crippen LogP contribution in [0.15, 0.2) is 52.8 Å². The molecule has 0 spiro atoms. The molecule has 0 amide bonds. The molecule has 0 unspecified atom stereocenters. The summed E-state index contributed by atoms with van der Waals surface area (Å²) in [4.78, 5) is 4.65. The summed E-state index contributed by atoms with van der Waals surface area (Å²) in [5.74, 6) is 0.670. The molecule has 0 saturated carbocycles. The minimum atomic E-state index is -0.285. The van der Waals surface area contributed by atoms with E-state index in [1.165, 1.54) is 12.1 Å². The number of aromatic nitrogens is 2. The Morgan fingerprint density at radius 3 is 2.50 bits per heavy atom. The van der Waals surface area contributed by atoms with E-state index in [1.807, 2.05) is 29.7 Å². The van der Waals surface area contributed by atoms with Gasteiger partial charge in [-0.05, 0) is 54.8 Å². The molecule has 112 valence electrons. The fourth-order valence-corrected chi connectivity index (χ4v) is 2.25. The number of benzene rings is 1. The quantitative estimate of drug-likeness (QED) is 0.603. The van der Waals surface area contributed by atoms with Crippen molar-refractivity contribution in [3.63, 3.8) is 0 Å². The monoisotopic (exact) mass is 296 g/mol. The summed E-state index contributed by atoms with van der Waals surface area (Å²) in [7, 11) is 0. The molecule has 3 aromatic rings. The number of imidazole rings is 1. The highest BCUT2D eigenvalue weighted by molar-refractivity contribution is 5.54. The van der Waals surface area contributed by atoms with E-state index in [2.05, 4.69) is 29.1 Å². The lowest BCUT2D eigenvalue weighted by Gasteiger charge is -2.01. The van der Waals surface area contributed by atoms with Crippen LogP contribution in [0, 0.1) is 12.7 Å². The predicted molar refractivity (Wildman–Crippen MR) is 84.6 cm³/mol. The third kappa shape index (κ3) is 2.74. The lowest BCUT2D eigenvalue weighted by molar-refractivity contribution is 0.628. The highest BCUT2D eigenvalue weighted by Crippen LogP contribution is 2.29. The van der Waals surface area contributed by atoms with Gasteiger partial charge in [0.1, 0.15) is 11.5 Å². The van der Waals surface area contributed by atoms with E-state index in [0.29, 0.717) is 11.5 Å². The maximum atomic E-state index is 12.9. The van der Waals surface area contributed by atoms with Crippen LogP contribution in [0.1, 0.15) is 31.0 Å². The summed E-state index contributed by atoms with van der Waals surface area (Å²) < 4.78 is 14.9. The van der Waals surface area contributed by atoms with Crippen molar-refractivity contribution in [1.29, 1.82) is 0 Å². The molecule has 2 aromatic heterocycles. The topological polar surface area (TPSA) is 42.0 Å². The van der Waals surface area contributed by atoms with Gasteiger partial charge in [0.05, 0.1) is 11.4 Å². The molecule has 0 saturated heterocycles. The number of azo groups is 1. The van der Waals surface area contributed by atoms with Crippen molar-refractivity contribution in [2.45, 2.75) is 26.7 Å². The number of nitrogens with zero attached hydrogens (tertiary/aromatic N) is 4. The van der Waals surface area contributed by atoms with E-state index in [-0.39, 0.29) is 11.7 Å². The largest absolute Gasteiger partial charge is 0.283 e. The molecular weight excluding hydrogens is 279 g/mol. The van der Waals surface area contributed by atoms with Gasteiger partial charge in [-0.1, -0.05) is 13.8 Å². The summed E-state index contributed by atoms with van der Waals surface area (Å²) in [5, 5.41) is 8.55. The number of hydrogen-bond acceptors (Lipinski definition) is 3. The summed E-state index contributed by atoms with van der Waals surface area (Å²) in [6.07, 6.45) is 1.95. The second-order valence-electron chi connectivity index (χ2n) is 5.58. The Labute approximate surface area is 128 Å². The summed E-state index contributed by atoms with van der Waals surface area (Å²) in [6, 6.07) is 9.96. The van der Waals surface area contributed by atoms with Crippen molar-refractivity contribution in [2.24, 2.45) is 10.2 Å². The van der Waals surface area contributed by atoms with Crippen molar-refractivity contribution in [2.75, 3.05) is 0 Å². The van der Waals surface area contributed by atoms with Crippen LogP contribution in [0.25, 0.3) is 5.65 Å². The van der Waals surface area contributed by atoms with Crippen molar-refractivity contribution in [1.82, 2.24) is 9.38 Å². The number of hydrogen-bond donors (Lipinski definition) is 0. The first-order chi connectivity index (χ1) is 10.5. The van der Waals surface area contributed by atoms with E-state index in [4.69, 9.17) is 0 Å². The SMILES string of the molecule is Cc1ccn2c(N=Nc3ccc(F)cc3)c(C(C)C)nc2c1. The van der Waals surface area contributed by atoms with Gasteiger partial charge in [0.25, 0.3) is 0 Å². The first-order valence-corrected chi connectivity index (χ1v) is 7.20. The van der Waals surface area contributed by atoms with Gasteiger partial charge in [0.2, 0.25) is 0 Å². The summed E-state index contributed by atoms with van der Waals surface area (Å²) in [5.41, 5.74) is 3.52. The van der Waals surface area contributed by atoms with Crippen LogP contribution in [0.3, 0.4) is 0 Å². The van der Waals surface area contributed by atoms with Crippen molar-refractivity contribution in [3.05, 3.63) is 59.7 Å². The van der Waals surface area contributed by atoms with Crippen LogP contribution < -0.4 is 0 Å². The Morgan fingerprint density at radius 1 is 1.09 bits per heavy atom. The van der Waals surface area contributed by atoms with Gasteiger partial charge in [-0.2, -0.15) is 0 Å². The maximum absolute atomic E-state index is 12.9. The first-order valence-electron chi connectivity index (χ1n) is 7.20. The van der Waals surface area contributed by atoms with Crippen LogP contribution in [0.2, 0.25) is 0 Å². The van der Waals surface area contributed by atoms with Crippen molar-refractivity contribution < 1.29 is 4.39 Å². The number of halogens is 1. The third-order valence-electron chi connectivity index (χ3n) is 3.42. The molecule has 5 heteroatoms. The lowest BCUT2D eigenvalue weighted by Crippen LogP contribution is -1.87. The molecule has 22 heavy (non-hydrogen) atoms. The Bertz CT molecular complexity index is 832. The molecule has 2 heterocycles. The summed E-state index contributed by atoms with van der Waals surface area (Å²) >= 11 is 0. The van der Waals surface area contributed by atoms with Crippen LogP contribution >= 0.6 is 0 Å². The Hall–Kier alpha value is -2.56. The normalized spacial score (nSPS) is 11.9. The molecule has 0 atom stereocenters. The zero-order valence-corrected chi connectivity index (χ0v) is 12.8. The molecular formula is C17H17FN4. The second kappa shape index (κ2) is 5.67. The minimum Gasteiger partial charge on any atom is -0.283 e. The Balaban J connectivity index is 2.08. The molecule has 4 nitrogen and oxygen atoms in total. The van der Waals surface area contributed by atoms with Crippen molar-refractivity contribution in [3.8, 4) is 0 Å². The Morgan fingerprint density at radius 2 is 1.82 bits per heavy atom. The number of aryl methyl sites for hydroxylation is 1. The van der Waals surface area contributed by atoms with Gasteiger partial charge < -0.3 is 0 Å². The van der Waals surface area contributed by atoms with Crippen LogP contribution in [-0.4, -0.2) is 9.38 Å². The highest BCUT2D eigenvalue weighted by Gasteiger charge is 2.14. The average Bonchev–Trinajstić information content (AvgIpc) is 2.84. The fraction of sp³-hybridized carbons (Fsp3) is 0.235. The van der Waals surface area contributed by atoms with Gasteiger partial charge in [-0.3, -0.25) is 4.40 Å². The maximum Gasteiger partial charge on any atom is 0.183 e. The van der Waals surface area contributed by atoms with Gasteiger partial charge in [-0.15, -0.1) is 10.2 Å². The molecule has 0 aliphatic rings. The highest BCUT2D eigenvalue weighted by atomic mass is 19.1. The van der Waals surface area contributed by atoms with Gasteiger partial charge in [-0.25, -0.2) is 9.37 Å². The van der Waals surface area contributed by atoms with Crippen molar-refractivity contribution >= 4 is 17.2 Å². The molecule has 1 aromatic carbocycles. The van der Waals surface area contributed by atoms with Crippen LogP contribution in [-0.2, 0) is 0 Å². The van der Waals surface area contributed by atoms with Gasteiger partial charge in [0, 0.05) is 6.20 Å². The molecule has 3 rings (SSSR count). The van der Waals surface area contributed by atoms with E-state index in [9.17, 15) is 4.39 Å². The van der Waals surface area contributed by atoms with Gasteiger partial charge >= 0.3 is 0 Å².